The van der Waals surface area contributed by atoms with Gasteiger partial charge in [-0.1, -0.05) is 0 Å². The third kappa shape index (κ3) is 5.11. The molecule has 0 spiro atoms. The minimum absolute atomic E-state index is 0.0106. The van der Waals surface area contributed by atoms with Crippen molar-refractivity contribution < 1.29 is 14.2 Å². The van der Waals surface area contributed by atoms with Crippen LogP contribution in [-0.4, -0.2) is 35.3 Å². The van der Waals surface area contributed by atoms with Crippen molar-refractivity contribution in [2.45, 2.75) is 48.8 Å². The van der Waals surface area contributed by atoms with Gasteiger partial charge in [0.1, 0.15) is 0 Å². The van der Waals surface area contributed by atoms with Crippen LogP contribution in [0.4, 0.5) is 0 Å². The molecule has 0 aliphatic carbocycles. The zero-order chi connectivity index (χ0) is 22.5. The van der Waals surface area contributed by atoms with Crippen LogP contribution in [0.15, 0.2) is 78.9 Å². The van der Waals surface area contributed by atoms with Crippen molar-refractivity contribution in [1.29, 1.82) is 0 Å². The van der Waals surface area contributed by atoms with Gasteiger partial charge in [-0.25, -0.2) is 0 Å². The molecule has 2 fully saturated rings. The Kier molecular flexibility index (Phi) is 7.60. The third-order valence-electron chi connectivity index (χ3n) is 6.66. The number of ether oxygens (including phenoxy) is 3. The molecule has 0 amide bonds. The van der Waals surface area contributed by atoms with Crippen molar-refractivity contribution in [2.75, 3.05) is 20.3 Å². The molecule has 0 saturated carbocycles. The second-order valence-electron chi connectivity index (χ2n) is 8.79. The first-order chi connectivity index (χ1) is 16.3. The zero-order valence-electron chi connectivity index (χ0n) is 19.2. The van der Waals surface area contributed by atoms with Crippen LogP contribution in [0.5, 0.6) is 0 Å². The molecule has 5 rings (SSSR count). The quantitative estimate of drug-likeness (QED) is 0.358. The molecule has 4 atom stereocenters. The summed E-state index contributed by atoms with van der Waals surface area (Å²) >= 11 is 0.127. The van der Waals surface area contributed by atoms with Crippen LogP contribution < -0.4 is 4.46 Å². The van der Waals surface area contributed by atoms with Gasteiger partial charge in [0.25, 0.3) is 0 Å². The van der Waals surface area contributed by atoms with E-state index in [2.05, 4.69) is 78.9 Å². The van der Waals surface area contributed by atoms with Crippen molar-refractivity contribution in [3.05, 3.63) is 101 Å². The van der Waals surface area contributed by atoms with Crippen molar-refractivity contribution in [3.63, 3.8) is 0 Å². The molecule has 0 aromatic heterocycles. The fourth-order valence-electron chi connectivity index (χ4n) is 5.01. The number of benzene rings is 3. The van der Waals surface area contributed by atoms with Crippen molar-refractivity contribution in [1.82, 2.24) is 0 Å². The zero-order valence-corrected chi connectivity index (χ0v) is 20.9. The van der Waals surface area contributed by atoms with Crippen LogP contribution >= 0.6 is 0 Å². The first kappa shape index (κ1) is 22.8. The van der Waals surface area contributed by atoms with Crippen molar-refractivity contribution in [3.8, 4) is 0 Å². The predicted octanol–water partition coefficient (Wildman–Crippen LogP) is 5.85. The summed E-state index contributed by atoms with van der Waals surface area (Å²) < 4.78 is 20.1. The topological polar surface area (TPSA) is 27.7 Å². The second-order valence-corrected chi connectivity index (χ2v) is 11.2. The SMILES string of the molecule is CO[C@H](c1ccccc1)[C@@H]([Se]c1c([C@@H]2CCCO2)cccc1[C@@H]1CCCO1)c1ccccc1. The molecule has 2 heterocycles. The first-order valence-electron chi connectivity index (χ1n) is 12.0. The van der Waals surface area contributed by atoms with Gasteiger partial charge < -0.3 is 0 Å². The van der Waals surface area contributed by atoms with E-state index in [1.165, 1.54) is 26.7 Å². The van der Waals surface area contributed by atoms with Gasteiger partial charge in [0.15, 0.2) is 0 Å². The molecular formula is C29H32O3Se. The van der Waals surface area contributed by atoms with Gasteiger partial charge in [-0.15, -0.1) is 0 Å². The maximum atomic E-state index is 6.21. The normalized spacial score (nSPS) is 22.3. The molecular weight excluding hydrogens is 475 g/mol. The van der Waals surface area contributed by atoms with Crippen LogP contribution in [0, 0.1) is 0 Å². The molecule has 33 heavy (non-hydrogen) atoms. The van der Waals surface area contributed by atoms with Crippen LogP contribution in [0.1, 0.15) is 71.1 Å². The molecule has 2 aliphatic rings. The maximum absolute atomic E-state index is 6.21. The molecule has 3 aromatic rings. The van der Waals surface area contributed by atoms with Gasteiger partial charge in [-0.05, 0) is 0 Å². The summed E-state index contributed by atoms with van der Waals surface area (Å²) in [6, 6.07) is 28.3. The summed E-state index contributed by atoms with van der Waals surface area (Å²) in [7, 11) is 1.84. The molecule has 4 heteroatoms. The van der Waals surface area contributed by atoms with Gasteiger partial charge in [-0.2, -0.15) is 0 Å². The Morgan fingerprint density at radius 3 is 1.76 bits per heavy atom. The van der Waals surface area contributed by atoms with E-state index in [1.54, 1.807) is 0 Å². The monoisotopic (exact) mass is 508 g/mol. The standard InChI is InChI=1S/C29H32O3Se/c1-30-27(21-11-4-2-5-12-21)28(22-13-6-3-7-14-22)33-29-23(25-17-9-19-31-25)15-8-16-24(29)26-18-10-20-32-26/h2-8,11-16,25-28H,9-10,17-20H2,1H3/t25-,26-,27+,28-/m0/s1. The summed E-state index contributed by atoms with van der Waals surface area (Å²) in [5, 5.41) is 0. The van der Waals surface area contributed by atoms with E-state index in [0.717, 1.165) is 38.9 Å². The molecule has 3 nitrogen and oxygen atoms in total. The summed E-state index contributed by atoms with van der Waals surface area (Å²) in [4.78, 5) is 0.244. The van der Waals surface area contributed by atoms with Gasteiger partial charge in [0, 0.05) is 0 Å². The fourth-order valence-corrected chi connectivity index (χ4v) is 8.39. The Morgan fingerprint density at radius 1 is 0.727 bits per heavy atom. The fraction of sp³-hybridized carbons (Fsp3) is 0.379. The van der Waals surface area contributed by atoms with E-state index < -0.39 is 0 Å². The van der Waals surface area contributed by atoms with E-state index in [-0.39, 0.29) is 38.1 Å². The number of hydrogen-bond acceptors (Lipinski definition) is 3. The third-order valence-corrected chi connectivity index (χ3v) is 9.77. The molecule has 2 saturated heterocycles. The van der Waals surface area contributed by atoms with Crippen LogP contribution in [0.3, 0.4) is 0 Å². The first-order valence-corrected chi connectivity index (χ1v) is 13.8. The molecule has 0 N–H and O–H groups in total. The Morgan fingerprint density at radius 2 is 1.27 bits per heavy atom. The molecule has 2 aliphatic heterocycles. The van der Waals surface area contributed by atoms with Gasteiger partial charge in [0.2, 0.25) is 0 Å². The molecule has 172 valence electrons. The Labute approximate surface area is 203 Å². The minimum atomic E-state index is -0.0106. The molecule has 3 aromatic carbocycles. The number of rotatable bonds is 8. The van der Waals surface area contributed by atoms with E-state index >= 15 is 0 Å². The van der Waals surface area contributed by atoms with Crippen LogP contribution in [0.2, 0.25) is 0 Å². The average molecular weight is 508 g/mol. The van der Waals surface area contributed by atoms with Gasteiger partial charge in [-0.3, -0.25) is 0 Å². The summed E-state index contributed by atoms with van der Waals surface area (Å²) in [6.07, 6.45) is 4.83. The van der Waals surface area contributed by atoms with E-state index in [0.29, 0.717) is 0 Å². The van der Waals surface area contributed by atoms with Gasteiger partial charge >= 0.3 is 204 Å². The Hall–Kier alpha value is -1.94. The number of hydrogen-bond donors (Lipinski definition) is 0. The van der Waals surface area contributed by atoms with Crippen molar-refractivity contribution in [2.24, 2.45) is 0 Å². The average Bonchev–Trinajstić information content (AvgIpc) is 3.60. The predicted molar refractivity (Wildman–Crippen MR) is 133 cm³/mol. The Bertz CT molecular complexity index is 977. The van der Waals surface area contributed by atoms with E-state index in [4.69, 9.17) is 14.2 Å². The number of methoxy groups -OCH3 is 1. The summed E-state index contributed by atoms with van der Waals surface area (Å²) in [5.41, 5.74) is 5.28. The molecule has 0 bridgehead atoms. The van der Waals surface area contributed by atoms with Crippen LogP contribution in [-0.2, 0) is 14.2 Å². The summed E-state index contributed by atoms with van der Waals surface area (Å²) in [6.45, 7) is 1.71. The van der Waals surface area contributed by atoms with E-state index in [1.807, 2.05) is 7.11 Å². The second kappa shape index (κ2) is 11.0. The molecule has 0 unspecified atom stereocenters. The molecule has 0 radical (unpaired) electrons. The summed E-state index contributed by atoms with van der Waals surface area (Å²) in [5.74, 6) is 0. The van der Waals surface area contributed by atoms with E-state index in [9.17, 15) is 0 Å². The Balaban J connectivity index is 1.60. The van der Waals surface area contributed by atoms with Gasteiger partial charge in [0.05, 0.1) is 0 Å². The van der Waals surface area contributed by atoms with Crippen LogP contribution in [0.25, 0.3) is 0 Å². The van der Waals surface area contributed by atoms with Crippen molar-refractivity contribution >= 4 is 19.4 Å².